The maximum Gasteiger partial charge on any atom is 0.0955 e. The number of aliphatic hydroxyl groups is 1. The molecule has 1 aliphatic rings. The van der Waals surface area contributed by atoms with E-state index in [9.17, 15) is 5.11 Å². The predicted octanol–water partition coefficient (Wildman–Crippen LogP) is 2.58. The molecule has 1 aliphatic carbocycles. The van der Waals surface area contributed by atoms with Gasteiger partial charge in [0.25, 0.3) is 0 Å². The summed E-state index contributed by atoms with van der Waals surface area (Å²) >= 11 is 5.56. The van der Waals surface area contributed by atoms with E-state index in [1.54, 1.807) is 0 Å². The fraction of sp³-hybridized carbons (Fsp3) is 0.400. The minimum absolute atomic E-state index is 0.241. The van der Waals surface area contributed by atoms with E-state index in [0.29, 0.717) is 6.54 Å². The van der Waals surface area contributed by atoms with Gasteiger partial charge in [-0.05, 0) is 31.4 Å². The zero-order valence-electron chi connectivity index (χ0n) is 11.2. The van der Waals surface area contributed by atoms with Gasteiger partial charge in [-0.15, -0.1) is 11.6 Å². The molecule has 1 unspecified atom stereocenters. The van der Waals surface area contributed by atoms with Crippen LogP contribution in [-0.4, -0.2) is 33.8 Å². The van der Waals surface area contributed by atoms with Crippen LogP contribution in [0.2, 0.25) is 0 Å². The molecule has 0 amide bonds. The zero-order valence-corrected chi connectivity index (χ0v) is 12.0. The molecule has 0 fully saturated rings. The van der Waals surface area contributed by atoms with Gasteiger partial charge in [-0.25, -0.2) is 0 Å². The van der Waals surface area contributed by atoms with Crippen LogP contribution in [0.25, 0.3) is 11.3 Å². The van der Waals surface area contributed by atoms with Crippen LogP contribution in [0, 0.1) is 0 Å². The maximum absolute atomic E-state index is 9.42. The first-order valence-electron chi connectivity index (χ1n) is 6.92. The Balaban J connectivity index is 1.72. The number of aromatic amines is 1. The normalized spacial score (nSPS) is 15.1. The van der Waals surface area contributed by atoms with E-state index in [1.165, 1.54) is 17.7 Å². The molecule has 0 radical (unpaired) electrons. The maximum atomic E-state index is 9.42. The number of benzene rings is 1. The lowest BCUT2D eigenvalue weighted by atomic mass is 10.1. The highest BCUT2D eigenvalue weighted by Crippen LogP contribution is 2.30. The molecule has 5 heteroatoms. The smallest absolute Gasteiger partial charge is 0.0955 e. The van der Waals surface area contributed by atoms with Gasteiger partial charge in [0.05, 0.1) is 17.7 Å². The number of aliphatic hydroxyl groups excluding tert-OH is 1. The van der Waals surface area contributed by atoms with Gasteiger partial charge < -0.3 is 10.4 Å². The Hall–Kier alpha value is -1.52. The van der Waals surface area contributed by atoms with Crippen molar-refractivity contribution in [2.24, 2.45) is 0 Å². The Morgan fingerprint density at radius 2 is 2.10 bits per heavy atom. The van der Waals surface area contributed by atoms with E-state index in [0.717, 1.165) is 29.8 Å². The van der Waals surface area contributed by atoms with Crippen molar-refractivity contribution in [1.82, 2.24) is 10.2 Å². The van der Waals surface area contributed by atoms with Crippen molar-refractivity contribution >= 4 is 17.3 Å². The van der Waals surface area contributed by atoms with Crippen molar-refractivity contribution in [1.29, 1.82) is 0 Å². The van der Waals surface area contributed by atoms with Crippen LogP contribution in [-0.2, 0) is 12.8 Å². The Morgan fingerprint density at radius 1 is 1.30 bits per heavy atom. The topological polar surface area (TPSA) is 60.9 Å². The largest absolute Gasteiger partial charge is 0.390 e. The van der Waals surface area contributed by atoms with Gasteiger partial charge in [0.1, 0.15) is 0 Å². The summed E-state index contributed by atoms with van der Waals surface area (Å²) in [6, 6.07) is 8.13. The lowest BCUT2D eigenvalue weighted by molar-refractivity contribution is 0.211. The lowest BCUT2D eigenvalue weighted by Crippen LogP contribution is -2.20. The summed E-state index contributed by atoms with van der Waals surface area (Å²) in [5.74, 6) is 0.241. The van der Waals surface area contributed by atoms with Crippen LogP contribution in [0.4, 0.5) is 5.69 Å². The summed E-state index contributed by atoms with van der Waals surface area (Å²) < 4.78 is 0. The summed E-state index contributed by atoms with van der Waals surface area (Å²) in [4.78, 5) is 0. The lowest BCUT2D eigenvalue weighted by Gasteiger charge is -2.10. The highest BCUT2D eigenvalue weighted by atomic mass is 35.5. The molecule has 1 aromatic heterocycles. The SMILES string of the molecule is OC(CCl)CNc1ccc(-c2n[nH]c3c2CCC3)cc1. The number of hydrogen-bond donors (Lipinski definition) is 3. The summed E-state index contributed by atoms with van der Waals surface area (Å²) in [7, 11) is 0. The number of nitrogens with zero attached hydrogens (tertiary/aromatic N) is 1. The van der Waals surface area contributed by atoms with Gasteiger partial charge in [0.2, 0.25) is 0 Å². The molecule has 1 heterocycles. The highest BCUT2D eigenvalue weighted by Gasteiger charge is 2.19. The van der Waals surface area contributed by atoms with Gasteiger partial charge >= 0.3 is 0 Å². The Labute approximate surface area is 123 Å². The number of aromatic nitrogens is 2. The van der Waals surface area contributed by atoms with Crippen molar-refractivity contribution in [3.63, 3.8) is 0 Å². The van der Waals surface area contributed by atoms with Crippen molar-refractivity contribution < 1.29 is 5.11 Å². The third-order valence-corrected chi connectivity index (χ3v) is 4.04. The molecule has 2 aromatic rings. The van der Waals surface area contributed by atoms with Crippen molar-refractivity contribution in [3.8, 4) is 11.3 Å². The Morgan fingerprint density at radius 3 is 2.85 bits per heavy atom. The van der Waals surface area contributed by atoms with E-state index in [1.807, 2.05) is 12.1 Å². The second kappa shape index (κ2) is 5.85. The Kier molecular flexibility index (Phi) is 3.94. The van der Waals surface area contributed by atoms with Crippen molar-refractivity contribution in [3.05, 3.63) is 35.5 Å². The van der Waals surface area contributed by atoms with Crippen LogP contribution >= 0.6 is 11.6 Å². The molecule has 0 aliphatic heterocycles. The zero-order chi connectivity index (χ0) is 13.9. The summed E-state index contributed by atoms with van der Waals surface area (Å²) in [5, 5.41) is 20.1. The minimum Gasteiger partial charge on any atom is -0.390 e. The number of alkyl halides is 1. The van der Waals surface area contributed by atoms with Gasteiger partial charge in [0, 0.05) is 29.1 Å². The average molecular weight is 292 g/mol. The second-order valence-electron chi connectivity index (χ2n) is 5.15. The van der Waals surface area contributed by atoms with Gasteiger partial charge in [-0.3, -0.25) is 5.10 Å². The fourth-order valence-corrected chi connectivity index (χ4v) is 2.70. The van der Waals surface area contributed by atoms with Crippen LogP contribution in [0.5, 0.6) is 0 Å². The van der Waals surface area contributed by atoms with E-state index in [4.69, 9.17) is 11.6 Å². The number of rotatable bonds is 5. The summed E-state index contributed by atoms with van der Waals surface area (Å²) in [5.41, 5.74) is 5.83. The number of anilines is 1. The molecule has 0 saturated heterocycles. The third-order valence-electron chi connectivity index (χ3n) is 3.68. The number of hydrogen-bond acceptors (Lipinski definition) is 3. The van der Waals surface area contributed by atoms with Crippen LogP contribution < -0.4 is 5.32 Å². The molecular formula is C15H18ClN3O. The first kappa shape index (κ1) is 13.5. The molecule has 1 atom stereocenters. The molecule has 1 aromatic carbocycles. The highest BCUT2D eigenvalue weighted by molar-refractivity contribution is 6.18. The molecule has 0 bridgehead atoms. The van der Waals surface area contributed by atoms with Crippen molar-refractivity contribution in [2.75, 3.05) is 17.7 Å². The number of fused-ring (bicyclic) bond motifs is 1. The third kappa shape index (κ3) is 2.67. The Bertz CT molecular complexity index is 579. The number of aryl methyl sites for hydroxylation is 1. The average Bonchev–Trinajstić information content (AvgIpc) is 3.08. The summed E-state index contributed by atoms with van der Waals surface area (Å²) in [6.07, 6.45) is 2.92. The molecule has 3 rings (SSSR count). The number of nitrogens with one attached hydrogen (secondary N) is 2. The quantitative estimate of drug-likeness (QED) is 0.742. The van der Waals surface area contributed by atoms with Crippen molar-refractivity contribution in [2.45, 2.75) is 25.4 Å². The molecule has 3 N–H and O–H groups in total. The van der Waals surface area contributed by atoms with E-state index < -0.39 is 6.10 Å². The fourth-order valence-electron chi connectivity index (χ4n) is 2.59. The van der Waals surface area contributed by atoms with E-state index in [-0.39, 0.29) is 5.88 Å². The summed E-state index contributed by atoms with van der Waals surface area (Å²) in [6.45, 7) is 0.459. The van der Waals surface area contributed by atoms with E-state index >= 15 is 0 Å². The molecule has 106 valence electrons. The first-order valence-corrected chi connectivity index (χ1v) is 7.46. The molecule has 0 spiro atoms. The molecule has 0 saturated carbocycles. The minimum atomic E-state index is -0.522. The number of halogens is 1. The van der Waals surface area contributed by atoms with Gasteiger partial charge in [0.15, 0.2) is 0 Å². The molecular weight excluding hydrogens is 274 g/mol. The van der Waals surface area contributed by atoms with Gasteiger partial charge in [-0.1, -0.05) is 12.1 Å². The van der Waals surface area contributed by atoms with Gasteiger partial charge in [-0.2, -0.15) is 5.10 Å². The van der Waals surface area contributed by atoms with E-state index in [2.05, 4.69) is 27.6 Å². The van der Waals surface area contributed by atoms with Crippen LogP contribution in [0.15, 0.2) is 24.3 Å². The van der Waals surface area contributed by atoms with Crippen LogP contribution in [0.1, 0.15) is 17.7 Å². The molecule has 4 nitrogen and oxygen atoms in total. The standard InChI is InChI=1S/C15H18ClN3O/c16-8-12(20)9-17-11-6-4-10(5-7-11)15-13-2-1-3-14(13)18-19-15/h4-7,12,17,20H,1-3,8-9H2,(H,18,19). The van der Waals surface area contributed by atoms with Crippen LogP contribution in [0.3, 0.4) is 0 Å². The molecule has 20 heavy (non-hydrogen) atoms. The first-order chi connectivity index (χ1) is 9.78. The second-order valence-corrected chi connectivity index (χ2v) is 5.46. The predicted molar refractivity (Wildman–Crippen MR) is 81.3 cm³/mol. The number of H-pyrrole nitrogens is 1. The monoisotopic (exact) mass is 291 g/mol.